The summed E-state index contributed by atoms with van der Waals surface area (Å²) in [7, 11) is 0. The predicted octanol–water partition coefficient (Wildman–Crippen LogP) is -1.27. The highest BCUT2D eigenvalue weighted by Gasteiger charge is 2.44. The maximum absolute atomic E-state index is 10.7. The van der Waals surface area contributed by atoms with Crippen LogP contribution in [-0.4, -0.2) is 72.4 Å². The topological polar surface area (TPSA) is 143 Å². The van der Waals surface area contributed by atoms with E-state index in [4.69, 9.17) is 4.74 Å². The van der Waals surface area contributed by atoms with E-state index in [0.29, 0.717) is 22.7 Å². The summed E-state index contributed by atoms with van der Waals surface area (Å²) >= 11 is 1.27. The molecule has 0 aliphatic carbocycles. The second-order valence-electron chi connectivity index (χ2n) is 4.87. The first kappa shape index (κ1) is 16.1. The van der Waals surface area contributed by atoms with Crippen molar-refractivity contribution in [1.29, 1.82) is 0 Å². The number of ether oxygens (including phenoxy) is 1. The molecule has 3 rings (SSSR count). The van der Waals surface area contributed by atoms with Gasteiger partial charge in [-0.15, -0.1) is 0 Å². The zero-order chi connectivity index (χ0) is 16.6. The third-order valence-corrected chi connectivity index (χ3v) is 4.12. The summed E-state index contributed by atoms with van der Waals surface area (Å²) in [6, 6.07) is 0. The number of aromatic nitrogens is 4. The van der Waals surface area contributed by atoms with Crippen molar-refractivity contribution >= 4 is 35.2 Å². The summed E-state index contributed by atoms with van der Waals surface area (Å²) in [4.78, 5) is 23.3. The minimum Gasteiger partial charge on any atom is -0.394 e. The number of amides is 1. The third-order valence-electron chi connectivity index (χ3n) is 3.57. The molecule has 10 nitrogen and oxygen atoms in total. The van der Waals surface area contributed by atoms with Gasteiger partial charge in [-0.25, -0.2) is 15.0 Å². The molecule has 1 amide bonds. The van der Waals surface area contributed by atoms with Gasteiger partial charge in [-0.3, -0.25) is 9.36 Å². The molecule has 1 aliphatic heterocycles. The fourth-order valence-corrected chi connectivity index (χ4v) is 2.80. The zero-order valence-electron chi connectivity index (χ0n) is 12.0. The highest BCUT2D eigenvalue weighted by Crippen LogP contribution is 2.32. The van der Waals surface area contributed by atoms with E-state index in [1.807, 2.05) is 0 Å². The molecular weight excluding hydrogens is 326 g/mol. The SMILES string of the molecule is CSc1nc(NC=O)c2ncn([C@@H]3O[C@H](CO)[C@@H](O)[C@H]3O)c2n1. The van der Waals surface area contributed by atoms with Crippen LogP contribution in [0.15, 0.2) is 11.5 Å². The van der Waals surface area contributed by atoms with E-state index in [0.717, 1.165) is 0 Å². The van der Waals surface area contributed by atoms with Crippen molar-refractivity contribution in [2.45, 2.75) is 29.7 Å². The normalized spacial score (nSPS) is 27.5. The predicted molar refractivity (Wildman–Crippen MR) is 79.8 cm³/mol. The lowest BCUT2D eigenvalue weighted by molar-refractivity contribution is -0.105. The molecule has 3 heterocycles. The Balaban J connectivity index is 2.08. The van der Waals surface area contributed by atoms with Crippen molar-refractivity contribution in [2.24, 2.45) is 0 Å². The van der Waals surface area contributed by atoms with Crippen LogP contribution < -0.4 is 5.32 Å². The van der Waals surface area contributed by atoms with E-state index in [2.05, 4.69) is 20.3 Å². The van der Waals surface area contributed by atoms with Gasteiger partial charge in [-0.2, -0.15) is 0 Å². The Bertz CT molecular complexity index is 725. The van der Waals surface area contributed by atoms with E-state index in [-0.39, 0.29) is 5.82 Å². The van der Waals surface area contributed by atoms with Crippen LogP contribution in [0.25, 0.3) is 11.2 Å². The van der Waals surface area contributed by atoms with Gasteiger partial charge in [0.25, 0.3) is 0 Å². The van der Waals surface area contributed by atoms with Crippen LogP contribution >= 0.6 is 11.8 Å². The van der Waals surface area contributed by atoms with Crippen molar-refractivity contribution in [3.63, 3.8) is 0 Å². The molecule has 124 valence electrons. The summed E-state index contributed by atoms with van der Waals surface area (Å²) in [5.74, 6) is 0.236. The molecule has 1 aliphatic rings. The summed E-state index contributed by atoms with van der Waals surface area (Å²) in [5, 5.41) is 32.0. The molecule has 0 aromatic carbocycles. The van der Waals surface area contributed by atoms with Crippen LogP contribution in [0.5, 0.6) is 0 Å². The molecule has 1 saturated heterocycles. The van der Waals surface area contributed by atoms with Crippen molar-refractivity contribution in [3.8, 4) is 0 Å². The Labute approximate surface area is 134 Å². The molecule has 4 N–H and O–H groups in total. The lowest BCUT2D eigenvalue weighted by atomic mass is 10.1. The molecule has 0 bridgehead atoms. The van der Waals surface area contributed by atoms with E-state index in [9.17, 15) is 20.1 Å². The standard InChI is InChI=1S/C12H15N5O5S/c1-23-12-15-9(14-4-19)6-10(16-12)17(3-13-6)11-8(21)7(20)5(2-18)22-11/h3-5,7-8,11,18,20-21H,2H2,1H3,(H,14,15,16,19)/t5-,7-,8-,11-/m1/s1. The Morgan fingerprint density at radius 3 is 2.83 bits per heavy atom. The summed E-state index contributed by atoms with van der Waals surface area (Å²) in [5.41, 5.74) is 0.663. The van der Waals surface area contributed by atoms with Gasteiger partial charge in [0.2, 0.25) is 6.41 Å². The van der Waals surface area contributed by atoms with Crippen molar-refractivity contribution < 1.29 is 24.9 Å². The lowest BCUT2D eigenvalue weighted by Gasteiger charge is -2.16. The number of carbonyl (C=O) groups is 1. The van der Waals surface area contributed by atoms with Gasteiger partial charge < -0.3 is 25.4 Å². The second kappa shape index (κ2) is 6.37. The van der Waals surface area contributed by atoms with Crippen LogP contribution in [0.1, 0.15) is 6.23 Å². The Morgan fingerprint density at radius 2 is 2.22 bits per heavy atom. The molecule has 4 atom stereocenters. The number of nitrogens with zero attached hydrogens (tertiary/aromatic N) is 4. The Kier molecular flexibility index (Phi) is 4.46. The highest BCUT2D eigenvalue weighted by atomic mass is 32.2. The molecule has 0 saturated carbocycles. The number of fused-ring (bicyclic) bond motifs is 1. The number of anilines is 1. The number of hydrogen-bond donors (Lipinski definition) is 4. The van der Waals surface area contributed by atoms with Gasteiger partial charge in [-0.1, -0.05) is 11.8 Å². The number of carbonyl (C=O) groups excluding carboxylic acids is 1. The first-order chi connectivity index (χ1) is 11.1. The second-order valence-corrected chi connectivity index (χ2v) is 5.65. The van der Waals surface area contributed by atoms with Crippen LogP contribution in [-0.2, 0) is 9.53 Å². The molecule has 0 spiro atoms. The molecule has 2 aromatic heterocycles. The van der Waals surface area contributed by atoms with Gasteiger partial charge in [0.05, 0.1) is 12.9 Å². The van der Waals surface area contributed by atoms with Crippen molar-refractivity contribution in [2.75, 3.05) is 18.2 Å². The molecule has 0 unspecified atom stereocenters. The van der Waals surface area contributed by atoms with Crippen LogP contribution in [0, 0.1) is 0 Å². The third kappa shape index (κ3) is 2.66. The van der Waals surface area contributed by atoms with Gasteiger partial charge in [0, 0.05) is 0 Å². The van der Waals surface area contributed by atoms with Crippen molar-refractivity contribution in [3.05, 3.63) is 6.33 Å². The highest BCUT2D eigenvalue weighted by molar-refractivity contribution is 7.98. The minimum absolute atomic E-state index is 0.236. The van der Waals surface area contributed by atoms with Gasteiger partial charge in [0.1, 0.15) is 18.3 Å². The number of thioether (sulfide) groups is 1. The first-order valence-electron chi connectivity index (χ1n) is 6.72. The molecular formula is C12H15N5O5S. The number of aliphatic hydroxyl groups excluding tert-OH is 3. The van der Waals surface area contributed by atoms with Gasteiger partial charge in [0.15, 0.2) is 28.4 Å². The first-order valence-corrected chi connectivity index (χ1v) is 7.94. The van der Waals surface area contributed by atoms with Gasteiger partial charge in [-0.05, 0) is 6.26 Å². The average Bonchev–Trinajstić information content (AvgIpc) is 3.10. The average molecular weight is 341 g/mol. The van der Waals surface area contributed by atoms with Crippen LogP contribution in [0.2, 0.25) is 0 Å². The summed E-state index contributed by atoms with van der Waals surface area (Å²) in [6.07, 6.45) is -0.699. The van der Waals surface area contributed by atoms with E-state index >= 15 is 0 Å². The van der Waals surface area contributed by atoms with Gasteiger partial charge >= 0.3 is 0 Å². The van der Waals surface area contributed by atoms with Crippen molar-refractivity contribution in [1.82, 2.24) is 19.5 Å². The zero-order valence-corrected chi connectivity index (χ0v) is 12.8. The fourth-order valence-electron chi connectivity index (χ4n) is 2.44. The monoisotopic (exact) mass is 341 g/mol. The minimum atomic E-state index is -1.25. The number of hydrogen-bond acceptors (Lipinski definition) is 9. The summed E-state index contributed by atoms with van der Waals surface area (Å²) in [6.45, 7) is -0.426. The quantitative estimate of drug-likeness (QED) is 0.297. The van der Waals surface area contributed by atoms with E-state index in [1.54, 1.807) is 6.26 Å². The Hall–Kier alpha value is -1.79. The fraction of sp³-hybridized carbons (Fsp3) is 0.500. The Morgan fingerprint density at radius 1 is 1.43 bits per heavy atom. The number of aliphatic hydroxyl groups is 3. The van der Waals surface area contributed by atoms with E-state index in [1.165, 1.54) is 22.7 Å². The smallest absolute Gasteiger partial charge is 0.212 e. The number of imidazole rings is 1. The number of nitrogens with one attached hydrogen (secondary N) is 1. The molecule has 2 aromatic rings. The van der Waals surface area contributed by atoms with Crippen LogP contribution in [0.4, 0.5) is 5.82 Å². The molecule has 0 radical (unpaired) electrons. The number of rotatable bonds is 5. The molecule has 23 heavy (non-hydrogen) atoms. The maximum Gasteiger partial charge on any atom is 0.212 e. The van der Waals surface area contributed by atoms with E-state index < -0.39 is 31.1 Å². The maximum atomic E-state index is 10.7. The lowest BCUT2D eigenvalue weighted by Crippen LogP contribution is -2.33. The molecule has 1 fully saturated rings. The molecule has 11 heteroatoms. The largest absolute Gasteiger partial charge is 0.394 e. The van der Waals surface area contributed by atoms with Crippen LogP contribution in [0.3, 0.4) is 0 Å². The summed E-state index contributed by atoms with van der Waals surface area (Å²) < 4.78 is 6.92.